The number of urea groups is 1. The van der Waals surface area contributed by atoms with Gasteiger partial charge in [-0.1, -0.05) is 5.16 Å². The van der Waals surface area contributed by atoms with Gasteiger partial charge in [0.2, 0.25) is 5.79 Å². The minimum Gasteiger partial charge on any atom is -0.481 e. The number of nitrogens with one attached hydrogen (secondary N) is 3. The first-order valence-electron chi connectivity index (χ1n) is 12.8. The first kappa shape index (κ1) is 28.5. The molecule has 1 fully saturated rings. The number of aliphatic carboxylic acids is 1. The molecule has 2 aliphatic rings. The number of fused-ring (bicyclic) bond motifs is 1. The van der Waals surface area contributed by atoms with E-state index < -0.39 is 29.1 Å². The van der Waals surface area contributed by atoms with Crippen LogP contribution >= 0.6 is 11.3 Å². The van der Waals surface area contributed by atoms with Gasteiger partial charge in [0.15, 0.2) is 0 Å². The summed E-state index contributed by atoms with van der Waals surface area (Å²) in [5, 5.41) is 23.8. The molecule has 210 valence electrons. The number of benzene rings is 1. The number of aliphatic imine (C=N–C) groups is 1. The Bertz CT molecular complexity index is 1290. The number of carbonyl (C=O) groups excluding carboxylic acids is 1. The molecule has 1 saturated heterocycles. The monoisotopic (exact) mass is 557 g/mol. The van der Waals surface area contributed by atoms with E-state index in [1.807, 2.05) is 30.9 Å². The van der Waals surface area contributed by atoms with Crippen LogP contribution in [0.5, 0.6) is 0 Å². The van der Waals surface area contributed by atoms with Crippen LogP contribution in [-0.4, -0.2) is 79.8 Å². The van der Waals surface area contributed by atoms with E-state index in [1.165, 1.54) is 11.3 Å². The maximum absolute atomic E-state index is 13.1. The smallest absolute Gasteiger partial charge is 0.318 e. The van der Waals surface area contributed by atoms with E-state index in [1.54, 1.807) is 38.0 Å². The molecule has 0 saturated carbocycles. The molecule has 0 radical (unpaired) electrons. The van der Waals surface area contributed by atoms with Crippen molar-refractivity contribution in [3.05, 3.63) is 35.5 Å². The number of anilines is 1. The summed E-state index contributed by atoms with van der Waals surface area (Å²) in [6.45, 7) is 7.38. The molecule has 12 nitrogen and oxygen atoms in total. The van der Waals surface area contributed by atoms with Crippen molar-refractivity contribution in [1.29, 1.82) is 0 Å². The van der Waals surface area contributed by atoms with E-state index in [0.29, 0.717) is 50.7 Å². The second-order valence-corrected chi connectivity index (χ2v) is 10.5. The Morgan fingerprint density at radius 3 is 2.92 bits per heavy atom. The van der Waals surface area contributed by atoms with Crippen LogP contribution in [0.25, 0.3) is 10.2 Å². The van der Waals surface area contributed by atoms with E-state index in [0.717, 1.165) is 15.8 Å². The molecule has 2 amide bonds. The topological polar surface area (TPSA) is 150 Å². The summed E-state index contributed by atoms with van der Waals surface area (Å²) in [6.07, 6.45) is 5.53. The normalized spacial score (nSPS) is 25.1. The lowest BCUT2D eigenvalue weighted by atomic mass is 9.68. The zero-order valence-electron chi connectivity index (χ0n) is 22.6. The number of allylic oxidation sites excluding steroid dienone is 1. The van der Waals surface area contributed by atoms with Crippen LogP contribution < -0.4 is 20.9 Å². The number of amides is 2. The minimum absolute atomic E-state index is 0.310. The van der Waals surface area contributed by atoms with Gasteiger partial charge in [-0.2, -0.15) is 0 Å². The lowest BCUT2D eigenvalue weighted by Crippen LogP contribution is -2.71. The lowest BCUT2D eigenvalue weighted by Gasteiger charge is -2.52. The zero-order chi connectivity index (χ0) is 28.0. The maximum Gasteiger partial charge on any atom is 0.318 e. The summed E-state index contributed by atoms with van der Waals surface area (Å²) in [7, 11) is 1.59. The Kier molecular flexibility index (Phi) is 8.83. The molecule has 4 N–H and O–H groups in total. The molecule has 39 heavy (non-hydrogen) atoms. The van der Waals surface area contributed by atoms with Gasteiger partial charge in [-0.25, -0.2) is 14.8 Å². The van der Waals surface area contributed by atoms with Gasteiger partial charge in [0.25, 0.3) is 0 Å². The second-order valence-electron chi connectivity index (χ2n) is 9.63. The molecule has 2 aromatic rings. The largest absolute Gasteiger partial charge is 0.481 e. The third-order valence-electron chi connectivity index (χ3n) is 7.17. The summed E-state index contributed by atoms with van der Waals surface area (Å²) in [5.74, 6) is -3.03. The van der Waals surface area contributed by atoms with Crippen LogP contribution in [0, 0.1) is 11.3 Å². The van der Waals surface area contributed by atoms with Gasteiger partial charge in [-0.15, -0.1) is 11.3 Å². The Morgan fingerprint density at radius 1 is 1.36 bits per heavy atom. The van der Waals surface area contributed by atoms with E-state index in [9.17, 15) is 14.7 Å². The number of rotatable bonds is 10. The molecule has 0 spiro atoms. The van der Waals surface area contributed by atoms with Crippen molar-refractivity contribution < 1.29 is 24.3 Å². The fraction of sp³-hybridized carbons (Fsp3) is 0.500. The summed E-state index contributed by atoms with van der Waals surface area (Å²) in [4.78, 5) is 42.3. The van der Waals surface area contributed by atoms with Gasteiger partial charge in [-0.05, 0) is 51.9 Å². The van der Waals surface area contributed by atoms with Crippen LogP contribution in [0.2, 0.25) is 0 Å². The van der Waals surface area contributed by atoms with E-state index >= 15 is 0 Å². The summed E-state index contributed by atoms with van der Waals surface area (Å²) in [5.41, 5.74) is 3.43. The zero-order valence-corrected chi connectivity index (χ0v) is 23.4. The highest BCUT2D eigenvalue weighted by molar-refractivity contribution is 7.17. The standard InChI is InChI=1S/C26H35N7O5S/c1-5-28-24(36)31-26(21-15-27-9-7-25(21,3)23(34)35)30-8-6-10-33(26)18-13-19(17(2)32-38-12-11-37-4)22-20(14-18)29-16-39-22/h6,8,10,13-14,16,21,27H,5,7,9,11-12,15H2,1-4H3,(H,34,35)(H2,28,31,36)/b32-17+. The molecular weight excluding hydrogens is 522 g/mol. The quantitative estimate of drug-likeness (QED) is 0.198. The summed E-state index contributed by atoms with van der Waals surface area (Å²) >= 11 is 1.48. The number of piperidine rings is 1. The SMILES string of the molecule is CCNC(=O)NC1(C2CNCCC2(C)C(=O)O)N=CC=CN1c1cc(/C(C)=N/OCCOC)c2scnc2c1. The van der Waals surface area contributed by atoms with Gasteiger partial charge in [0.1, 0.15) is 6.61 Å². The molecular formula is C26H35N7O5S. The molecule has 2 aliphatic heterocycles. The molecule has 1 aromatic carbocycles. The van der Waals surface area contributed by atoms with Gasteiger partial charge in [0, 0.05) is 43.9 Å². The molecule has 0 aliphatic carbocycles. The molecule has 1 aromatic heterocycles. The number of hydrogen-bond donors (Lipinski definition) is 4. The Balaban J connectivity index is 1.87. The Morgan fingerprint density at radius 2 is 2.18 bits per heavy atom. The van der Waals surface area contributed by atoms with Crippen LogP contribution in [-0.2, 0) is 14.4 Å². The van der Waals surface area contributed by atoms with Crippen LogP contribution in [0.1, 0.15) is 32.8 Å². The van der Waals surface area contributed by atoms with Crippen LogP contribution in [0.3, 0.4) is 0 Å². The minimum atomic E-state index is -1.45. The maximum atomic E-state index is 13.1. The number of oxime groups is 1. The van der Waals surface area contributed by atoms with Crippen molar-refractivity contribution in [2.24, 2.45) is 21.5 Å². The number of hydrogen-bond acceptors (Lipinski definition) is 10. The molecule has 3 heterocycles. The highest BCUT2D eigenvalue weighted by atomic mass is 32.1. The van der Waals surface area contributed by atoms with Crippen molar-refractivity contribution in [2.75, 3.05) is 44.9 Å². The van der Waals surface area contributed by atoms with Gasteiger partial charge in [-0.3, -0.25) is 10.1 Å². The van der Waals surface area contributed by atoms with Crippen LogP contribution in [0.15, 0.2) is 40.1 Å². The highest BCUT2D eigenvalue weighted by Crippen LogP contribution is 2.45. The number of carboxylic acids is 1. The van der Waals surface area contributed by atoms with Crippen molar-refractivity contribution in [2.45, 2.75) is 33.0 Å². The predicted octanol–water partition coefficient (Wildman–Crippen LogP) is 2.76. The Labute approximate surface area is 231 Å². The average Bonchev–Trinajstić information content (AvgIpc) is 3.40. The summed E-state index contributed by atoms with van der Waals surface area (Å²) < 4.78 is 5.96. The molecule has 0 bridgehead atoms. The number of nitrogens with zero attached hydrogens (tertiary/aromatic N) is 4. The molecule has 13 heteroatoms. The van der Waals surface area contributed by atoms with Crippen molar-refractivity contribution in [3.63, 3.8) is 0 Å². The number of carboxylic acid groups (broad SMARTS) is 1. The second kappa shape index (κ2) is 12.1. The lowest BCUT2D eigenvalue weighted by molar-refractivity contribution is -0.155. The average molecular weight is 558 g/mol. The van der Waals surface area contributed by atoms with Crippen molar-refractivity contribution in [3.8, 4) is 0 Å². The highest BCUT2D eigenvalue weighted by Gasteiger charge is 2.57. The number of thiazole rings is 1. The van der Waals surface area contributed by atoms with E-state index in [2.05, 4.69) is 26.1 Å². The summed E-state index contributed by atoms with van der Waals surface area (Å²) in [6, 6.07) is 3.39. The van der Waals surface area contributed by atoms with Gasteiger partial charge >= 0.3 is 12.0 Å². The number of ether oxygens (including phenoxy) is 1. The number of carbonyl (C=O) groups is 2. The molecule has 4 rings (SSSR count). The van der Waals surface area contributed by atoms with Crippen molar-refractivity contribution >= 4 is 51.2 Å². The third kappa shape index (κ3) is 5.60. The van der Waals surface area contributed by atoms with E-state index in [-0.39, 0.29) is 0 Å². The first-order valence-corrected chi connectivity index (χ1v) is 13.7. The van der Waals surface area contributed by atoms with Crippen LogP contribution in [0.4, 0.5) is 10.5 Å². The fourth-order valence-electron chi connectivity index (χ4n) is 5.06. The van der Waals surface area contributed by atoms with Gasteiger partial charge in [0.05, 0.1) is 39.4 Å². The predicted molar refractivity (Wildman–Crippen MR) is 151 cm³/mol. The van der Waals surface area contributed by atoms with Gasteiger partial charge < -0.3 is 30.2 Å². The number of methoxy groups -OCH3 is 1. The Hall–Kier alpha value is -3.55. The fourth-order valence-corrected chi connectivity index (χ4v) is 5.90. The van der Waals surface area contributed by atoms with Crippen molar-refractivity contribution in [1.82, 2.24) is 20.9 Å². The third-order valence-corrected chi connectivity index (χ3v) is 8.05. The molecule has 3 unspecified atom stereocenters. The molecule has 3 atom stereocenters. The first-order chi connectivity index (χ1) is 18.8. The number of aromatic nitrogens is 1. The van der Waals surface area contributed by atoms with E-state index in [4.69, 9.17) is 14.6 Å².